The van der Waals surface area contributed by atoms with Gasteiger partial charge in [0, 0.05) is 18.4 Å². The van der Waals surface area contributed by atoms with Crippen LogP contribution in [0.15, 0.2) is 0 Å². The number of hydrogen-bond acceptors (Lipinski definition) is 6. The first-order valence-corrected chi connectivity index (χ1v) is 19.6. The van der Waals surface area contributed by atoms with Crippen molar-refractivity contribution in [2.45, 2.75) is 206 Å². The van der Waals surface area contributed by atoms with Crippen LogP contribution in [0.2, 0.25) is 0 Å². The van der Waals surface area contributed by atoms with Crippen molar-refractivity contribution in [2.75, 3.05) is 13.2 Å². The lowest BCUT2D eigenvalue weighted by atomic mass is 9.88. The number of nitrogens with one attached hydrogen (secondary N) is 2. The number of amides is 2. The van der Waals surface area contributed by atoms with Crippen LogP contribution in [0.1, 0.15) is 183 Å². The zero-order chi connectivity index (χ0) is 34.5. The summed E-state index contributed by atoms with van der Waals surface area (Å²) in [6.45, 7) is 12.3. The maximum absolute atomic E-state index is 13.4. The van der Waals surface area contributed by atoms with Gasteiger partial charge in [0.15, 0.2) is 11.4 Å². The predicted molar refractivity (Wildman–Crippen MR) is 190 cm³/mol. The van der Waals surface area contributed by atoms with Gasteiger partial charge in [-0.2, -0.15) is 0 Å². The van der Waals surface area contributed by atoms with E-state index in [4.69, 9.17) is 14.2 Å². The molecule has 2 rings (SSSR count). The average molecular weight is 665 g/mol. The quantitative estimate of drug-likeness (QED) is 0.0789. The number of rotatable bonds is 24. The zero-order valence-corrected chi connectivity index (χ0v) is 31.2. The standard InChI is InChI=1S/C39H72N2O6/c1-7-9-10-11-12-13-14-15-16-17-18-19-20-21-25-32(24-8-2)36(43)41-33-26-22-23-27-34(33)46-35(42)28-29-40-37(44)39(6)31(3)30-45-38(4,5)47-39/h31-34H,7-30H2,1-6H3,(H,40,44)(H,41,43). The highest BCUT2D eigenvalue weighted by atomic mass is 16.7. The van der Waals surface area contributed by atoms with E-state index in [1.54, 1.807) is 20.8 Å². The Hall–Kier alpha value is -1.67. The van der Waals surface area contributed by atoms with Gasteiger partial charge in [-0.3, -0.25) is 14.4 Å². The van der Waals surface area contributed by atoms with E-state index in [2.05, 4.69) is 24.5 Å². The Morgan fingerprint density at radius 3 is 1.96 bits per heavy atom. The first kappa shape index (κ1) is 41.5. The molecule has 8 nitrogen and oxygen atoms in total. The van der Waals surface area contributed by atoms with Crippen LogP contribution < -0.4 is 10.6 Å². The van der Waals surface area contributed by atoms with Crippen molar-refractivity contribution in [3.05, 3.63) is 0 Å². The summed E-state index contributed by atoms with van der Waals surface area (Å²) in [5.41, 5.74) is -1.04. The number of carbonyl (C=O) groups is 3. The monoisotopic (exact) mass is 665 g/mol. The molecule has 5 unspecified atom stereocenters. The summed E-state index contributed by atoms with van der Waals surface area (Å²) < 4.78 is 17.5. The SMILES string of the molecule is CCCCCCCCCCCCCCCCC(CCC)C(=O)NC1CCCCC1OC(=O)CCNC(=O)C1(C)OC(C)(C)OCC1C. The Morgan fingerprint density at radius 2 is 1.36 bits per heavy atom. The van der Waals surface area contributed by atoms with E-state index in [0.717, 1.165) is 51.4 Å². The maximum atomic E-state index is 13.4. The van der Waals surface area contributed by atoms with Crippen LogP contribution in [0.25, 0.3) is 0 Å². The van der Waals surface area contributed by atoms with Gasteiger partial charge in [-0.25, -0.2) is 0 Å². The normalized spacial score (nSPS) is 24.8. The highest BCUT2D eigenvalue weighted by Crippen LogP contribution is 2.34. The molecule has 2 N–H and O–H groups in total. The second kappa shape index (κ2) is 22.9. The van der Waals surface area contributed by atoms with Crippen molar-refractivity contribution < 1.29 is 28.6 Å². The summed E-state index contributed by atoms with van der Waals surface area (Å²) in [6.07, 6.45) is 24.8. The summed E-state index contributed by atoms with van der Waals surface area (Å²) in [6, 6.07) is -0.150. The molecule has 1 aliphatic heterocycles. The topological polar surface area (TPSA) is 103 Å². The lowest BCUT2D eigenvalue weighted by Gasteiger charge is -2.45. The second-order valence-electron chi connectivity index (χ2n) is 15.1. The minimum absolute atomic E-state index is 0.0203. The van der Waals surface area contributed by atoms with Crippen molar-refractivity contribution in [2.24, 2.45) is 11.8 Å². The van der Waals surface area contributed by atoms with Gasteiger partial charge in [-0.15, -0.1) is 0 Å². The maximum Gasteiger partial charge on any atom is 0.307 e. The van der Waals surface area contributed by atoms with Crippen LogP contribution in [-0.4, -0.2) is 54.5 Å². The van der Waals surface area contributed by atoms with Gasteiger partial charge in [0.25, 0.3) is 5.91 Å². The molecule has 1 heterocycles. The third kappa shape index (κ3) is 16.1. The molecule has 274 valence electrons. The van der Waals surface area contributed by atoms with E-state index in [9.17, 15) is 14.4 Å². The number of esters is 1. The van der Waals surface area contributed by atoms with Crippen molar-refractivity contribution in [3.63, 3.8) is 0 Å². The zero-order valence-electron chi connectivity index (χ0n) is 31.2. The molecule has 0 aromatic heterocycles. The lowest BCUT2D eigenvalue weighted by Crippen LogP contribution is -2.60. The molecule has 0 radical (unpaired) electrons. The van der Waals surface area contributed by atoms with Crippen LogP contribution in [0.4, 0.5) is 0 Å². The predicted octanol–water partition coefficient (Wildman–Crippen LogP) is 8.93. The van der Waals surface area contributed by atoms with Gasteiger partial charge in [-0.1, -0.05) is 124 Å². The van der Waals surface area contributed by atoms with E-state index in [1.165, 1.54) is 83.5 Å². The fourth-order valence-electron chi connectivity index (χ4n) is 7.12. The van der Waals surface area contributed by atoms with E-state index in [1.807, 2.05) is 6.92 Å². The number of unbranched alkanes of at least 4 members (excludes halogenated alkanes) is 13. The minimum atomic E-state index is -1.04. The van der Waals surface area contributed by atoms with Crippen molar-refractivity contribution in [3.8, 4) is 0 Å². The lowest BCUT2D eigenvalue weighted by molar-refractivity contribution is -0.315. The Morgan fingerprint density at radius 1 is 0.787 bits per heavy atom. The summed E-state index contributed by atoms with van der Waals surface area (Å²) in [5, 5.41) is 6.14. The molecule has 0 aromatic carbocycles. The molecule has 0 bridgehead atoms. The highest BCUT2D eigenvalue weighted by molar-refractivity contribution is 5.85. The largest absolute Gasteiger partial charge is 0.460 e. The van der Waals surface area contributed by atoms with Crippen LogP contribution in [0, 0.1) is 11.8 Å². The van der Waals surface area contributed by atoms with Crippen molar-refractivity contribution in [1.29, 1.82) is 0 Å². The van der Waals surface area contributed by atoms with Gasteiger partial charge < -0.3 is 24.8 Å². The second-order valence-corrected chi connectivity index (χ2v) is 15.1. The third-order valence-corrected chi connectivity index (χ3v) is 10.4. The fourth-order valence-corrected chi connectivity index (χ4v) is 7.12. The molecule has 0 spiro atoms. The molecule has 1 aliphatic carbocycles. The van der Waals surface area contributed by atoms with Gasteiger partial charge in [0.2, 0.25) is 5.91 Å². The molecule has 5 atom stereocenters. The Bertz CT molecular complexity index is 895. The smallest absolute Gasteiger partial charge is 0.307 e. The molecule has 1 saturated heterocycles. The number of ether oxygens (including phenoxy) is 3. The number of hydrogen-bond donors (Lipinski definition) is 2. The summed E-state index contributed by atoms with van der Waals surface area (Å²) >= 11 is 0. The van der Waals surface area contributed by atoms with Crippen LogP contribution in [0.3, 0.4) is 0 Å². The van der Waals surface area contributed by atoms with Gasteiger partial charge >= 0.3 is 5.97 Å². The minimum Gasteiger partial charge on any atom is -0.460 e. The van der Waals surface area contributed by atoms with Crippen molar-refractivity contribution >= 4 is 17.8 Å². The van der Waals surface area contributed by atoms with E-state index in [-0.39, 0.29) is 54.7 Å². The molecular formula is C39H72N2O6. The molecule has 2 aliphatic rings. The molecule has 47 heavy (non-hydrogen) atoms. The summed E-state index contributed by atoms with van der Waals surface area (Å²) in [5.74, 6) is -1.44. The van der Waals surface area contributed by atoms with Gasteiger partial charge in [0.1, 0.15) is 6.10 Å². The average Bonchev–Trinajstić information content (AvgIpc) is 3.03. The Labute approximate surface area is 288 Å². The highest BCUT2D eigenvalue weighted by Gasteiger charge is 2.48. The van der Waals surface area contributed by atoms with Crippen LogP contribution in [0.5, 0.6) is 0 Å². The fraction of sp³-hybridized carbons (Fsp3) is 0.923. The van der Waals surface area contributed by atoms with Gasteiger partial charge in [-0.05, 0) is 52.9 Å². The summed E-state index contributed by atoms with van der Waals surface area (Å²) in [7, 11) is 0. The molecule has 8 heteroatoms. The first-order valence-electron chi connectivity index (χ1n) is 19.6. The van der Waals surface area contributed by atoms with Crippen molar-refractivity contribution in [1.82, 2.24) is 10.6 Å². The van der Waals surface area contributed by atoms with E-state index >= 15 is 0 Å². The molecule has 1 saturated carbocycles. The third-order valence-electron chi connectivity index (χ3n) is 10.4. The molecular weight excluding hydrogens is 592 g/mol. The molecule has 2 fully saturated rings. The molecule has 2 amide bonds. The van der Waals surface area contributed by atoms with E-state index < -0.39 is 11.4 Å². The first-order chi connectivity index (χ1) is 22.5. The molecule has 0 aromatic rings. The summed E-state index contributed by atoms with van der Waals surface area (Å²) in [4.78, 5) is 39.2. The Balaban J connectivity index is 1.66. The van der Waals surface area contributed by atoms with Crippen LogP contribution >= 0.6 is 0 Å². The Kier molecular flexibility index (Phi) is 20.2. The van der Waals surface area contributed by atoms with E-state index in [0.29, 0.717) is 6.61 Å². The van der Waals surface area contributed by atoms with Crippen LogP contribution in [-0.2, 0) is 28.6 Å². The van der Waals surface area contributed by atoms with Gasteiger partial charge in [0.05, 0.1) is 19.1 Å². The number of carbonyl (C=O) groups excluding carboxylic acids is 3.